The summed E-state index contributed by atoms with van der Waals surface area (Å²) in [5.41, 5.74) is 7.57. The van der Waals surface area contributed by atoms with Crippen molar-refractivity contribution in [2.24, 2.45) is 11.8 Å². The van der Waals surface area contributed by atoms with Crippen molar-refractivity contribution < 1.29 is 9.47 Å². The molecular weight excluding hydrogens is 492 g/mol. The van der Waals surface area contributed by atoms with E-state index in [9.17, 15) is 0 Å². The molecule has 0 unspecified atom stereocenters. The zero-order chi connectivity index (χ0) is 22.2. The van der Waals surface area contributed by atoms with E-state index < -0.39 is 0 Å². The van der Waals surface area contributed by atoms with Gasteiger partial charge in [-0.15, -0.1) is 0 Å². The minimum Gasteiger partial charge on any atom is -0.454 e. The standard InChI is InChI=1S/C22H27BrN6O2S/c1-12(2)15-7-13(3-5-25-15)4-6-29-21-19(20(24)26-10-27-21)28-22(29)32-18-9-17-16(8-14(18)23)30-11-31-17/h8-10,12-13,15,25H,3-7,11H2,1-2H3,(H2,24,26,27)/t13-,15-/m0/s1. The van der Waals surface area contributed by atoms with Crippen LogP contribution in [0.15, 0.2) is 33.0 Å². The molecule has 4 heterocycles. The van der Waals surface area contributed by atoms with Gasteiger partial charge in [0.05, 0.1) is 0 Å². The van der Waals surface area contributed by atoms with Gasteiger partial charge in [0.2, 0.25) is 6.79 Å². The van der Waals surface area contributed by atoms with Gasteiger partial charge in [0, 0.05) is 22.0 Å². The number of aromatic nitrogens is 4. The summed E-state index contributed by atoms with van der Waals surface area (Å²) in [5, 5.41) is 4.51. The maximum Gasteiger partial charge on any atom is 0.231 e. The third-order valence-electron chi connectivity index (χ3n) is 6.27. The number of piperidine rings is 1. The van der Waals surface area contributed by atoms with Gasteiger partial charge in [-0.25, -0.2) is 15.0 Å². The maximum absolute atomic E-state index is 6.14. The number of halogens is 1. The molecule has 3 aromatic rings. The molecule has 0 radical (unpaired) electrons. The Hall–Kier alpha value is -2.04. The van der Waals surface area contributed by atoms with E-state index >= 15 is 0 Å². The molecule has 2 aliphatic rings. The van der Waals surface area contributed by atoms with E-state index in [0.717, 1.165) is 51.2 Å². The third-order valence-corrected chi connectivity index (χ3v) is 8.24. The number of rotatable bonds is 6. The number of fused-ring (bicyclic) bond motifs is 2. The van der Waals surface area contributed by atoms with Crippen molar-refractivity contribution in [1.82, 2.24) is 24.8 Å². The molecule has 5 rings (SSSR count). The quantitative estimate of drug-likeness (QED) is 0.493. The molecule has 3 N–H and O–H groups in total. The first-order valence-electron chi connectivity index (χ1n) is 11.0. The molecule has 1 saturated heterocycles. The number of ether oxygens (including phenoxy) is 2. The molecule has 170 valence electrons. The van der Waals surface area contributed by atoms with Crippen molar-refractivity contribution in [3.63, 3.8) is 0 Å². The molecule has 2 atom stereocenters. The lowest BCUT2D eigenvalue weighted by Gasteiger charge is -2.33. The highest BCUT2D eigenvalue weighted by molar-refractivity contribution is 9.10. The van der Waals surface area contributed by atoms with Gasteiger partial charge >= 0.3 is 0 Å². The first-order valence-corrected chi connectivity index (χ1v) is 12.6. The number of imidazole rings is 1. The van der Waals surface area contributed by atoms with Gasteiger partial charge in [-0.3, -0.25) is 0 Å². The van der Waals surface area contributed by atoms with Crippen molar-refractivity contribution >= 4 is 44.7 Å². The van der Waals surface area contributed by atoms with Gasteiger partial charge in [-0.2, -0.15) is 0 Å². The Balaban J connectivity index is 1.43. The molecule has 1 aromatic carbocycles. The number of nitrogen functional groups attached to an aromatic ring is 1. The summed E-state index contributed by atoms with van der Waals surface area (Å²) in [6.07, 6.45) is 5.00. The average molecular weight is 519 g/mol. The Morgan fingerprint density at radius 2 is 2.09 bits per heavy atom. The first-order chi connectivity index (χ1) is 15.5. The van der Waals surface area contributed by atoms with Crippen LogP contribution in [0.25, 0.3) is 11.2 Å². The number of hydrogen-bond acceptors (Lipinski definition) is 8. The van der Waals surface area contributed by atoms with Gasteiger partial charge < -0.3 is 25.1 Å². The second-order valence-corrected chi connectivity index (χ2v) is 10.6. The van der Waals surface area contributed by atoms with Crippen LogP contribution in [0, 0.1) is 11.8 Å². The van der Waals surface area contributed by atoms with Crippen LogP contribution in [0.1, 0.15) is 33.1 Å². The Morgan fingerprint density at radius 3 is 2.91 bits per heavy atom. The van der Waals surface area contributed by atoms with Crippen LogP contribution < -0.4 is 20.5 Å². The predicted octanol–water partition coefficient (Wildman–Crippen LogP) is 4.47. The lowest BCUT2D eigenvalue weighted by molar-refractivity contribution is 0.174. The highest BCUT2D eigenvalue weighted by Crippen LogP contribution is 2.43. The molecule has 2 aliphatic heterocycles. The van der Waals surface area contributed by atoms with Crippen LogP contribution >= 0.6 is 27.7 Å². The fourth-order valence-corrected chi connectivity index (χ4v) is 5.91. The van der Waals surface area contributed by atoms with Crippen molar-refractivity contribution in [3.05, 3.63) is 22.9 Å². The second kappa shape index (κ2) is 9.07. The van der Waals surface area contributed by atoms with Gasteiger partial charge in [0.15, 0.2) is 33.6 Å². The van der Waals surface area contributed by atoms with E-state index in [1.807, 2.05) is 12.1 Å². The number of nitrogens with two attached hydrogens (primary N) is 1. The van der Waals surface area contributed by atoms with Gasteiger partial charge in [0.25, 0.3) is 0 Å². The molecule has 32 heavy (non-hydrogen) atoms. The number of anilines is 1. The van der Waals surface area contributed by atoms with Gasteiger partial charge in [-0.05, 0) is 65.7 Å². The van der Waals surface area contributed by atoms with Gasteiger partial charge in [0.1, 0.15) is 6.33 Å². The predicted molar refractivity (Wildman–Crippen MR) is 128 cm³/mol. The smallest absolute Gasteiger partial charge is 0.231 e. The monoisotopic (exact) mass is 518 g/mol. The second-order valence-electron chi connectivity index (χ2n) is 8.70. The van der Waals surface area contributed by atoms with Crippen LogP contribution in [-0.4, -0.2) is 38.9 Å². The topological polar surface area (TPSA) is 100 Å². The van der Waals surface area contributed by atoms with E-state index in [2.05, 4.69) is 49.6 Å². The highest BCUT2D eigenvalue weighted by atomic mass is 79.9. The van der Waals surface area contributed by atoms with Crippen LogP contribution in [0.3, 0.4) is 0 Å². The first kappa shape index (κ1) is 21.8. The normalized spacial score (nSPS) is 20.4. The van der Waals surface area contributed by atoms with Crippen molar-refractivity contribution in [1.29, 1.82) is 0 Å². The number of benzene rings is 1. The number of nitrogens with one attached hydrogen (secondary N) is 1. The van der Waals surface area contributed by atoms with E-state index in [0.29, 0.717) is 29.2 Å². The summed E-state index contributed by atoms with van der Waals surface area (Å²) in [4.78, 5) is 14.5. The summed E-state index contributed by atoms with van der Waals surface area (Å²) in [5.74, 6) is 3.22. The summed E-state index contributed by atoms with van der Waals surface area (Å²) in [7, 11) is 0. The molecule has 10 heteroatoms. The molecule has 8 nitrogen and oxygen atoms in total. The van der Waals surface area contributed by atoms with E-state index in [1.54, 1.807) is 11.8 Å². The third kappa shape index (κ3) is 4.27. The Bertz CT molecular complexity index is 1140. The van der Waals surface area contributed by atoms with E-state index in [-0.39, 0.29) is 6.79 Å². The summed E-state index contributed by atoms with van der Waals surface area (Å²) in [6, 6.07) is 4.51. The van der Waals surface area contributed by atoms with Crippen molar-refractivity contribution in [2.45, 2.75) is 55.7 Å². The molecule has 0 spiro atoms. The van der Waals surface area contributed by atoms with Crippen LogP contribution in [-0.2, 0) is 6.54 Å². The van der Waals surface area contributed by atoms with E-state index in [1.165, 1.54) is 19.2 Å². The average Bonchev–Trinajstić information content (AvgIpc) is 3.37. The lowest BCUT2D eigenvalue weighted by atomic mass is 9.85. The Morgan fingerprint density at radius 1 is 1.28 bits per heavy atom. The zero-order valence-electron chi connectivity index (χ0n) is 18.2. The number of hydrogen-bond donors (Lipinski definition) is 2. The molecule has 2 aromatic heterocycles. The number of aryl methyl sites for hydroxylation is 1. The fraction of sp³-hybridized carbons (Fsp3) is 0.500. The van der Waals surface area contributed by atoms with Gasteiger partial charge in [-0.1, -0.05) is 25.6 Å². The molecule has 0 bridgehead atoms. The zero-order valence-corrected chi connectivity index (χ0v) is 20.6. The largest absolute Gasteiger partial charge is 0.454 e. The summed E-state index contributed by atoms with van der Waals surface area (Å²) in [6.45, 7) is 6.75. The van der Waals surface area contributed by atoms with Crippen LogP contribution in [0.5, 0.6) is 11.5 Å². The SMILES string of the molecule is CC(C)[C@@H]1C[C@H](CCn2c(Sc3cc4c(cc3Br)OCO4)nc3c(N)ncnc32)CCN1. The van der Waals surface area contributed by atoms with Crippen molar-refractivity contribution in [3.8, 4) is 11.5 Å². The summed E-state index contributed by atoms with van der Waals surface area (Å²) < 4.78 is 14.2. The van der Waals surface area contributed by atoms with E-state index in [4.69, 9.17) is 20.2 Å². The Kier molecular flexibility index (Phi) is 6.18. The van der Waals surface area contributed by atoms with Crippen LogP contribution in [0.2, 0.25) is 0 Å². The molecule has 1 fully saturated rings. The van der Waals surface area contributed by atoms with Crippen LogP contribution in [0.4, 0.5) is 5.82 Å². The highest BCUT2D eigenvalue weighted by Gasteiger charge is 2.25. The number of nitrogens with zero attached hydrogens (tertiary/aromatic N) is 4. The Labute approximate surface area is 199 Å². The summed E-state index contributed by atoms with van der Waals surface area (Å²) >= 11 is 5.23. The molecular formula is C22H27BrN6O2S. The molecule has 0 aliphatic carbocycles. The lowest BCUT2D eigenvalue weighted by Crippen LogP contribution is -2.41. The fourth-order valence-electron chi connectivity index (χ4n) is 4.40. The van der Waals surface area contributed by atoms with Crippen molar-refractivity contribution in [2.75, 3.05) is 19.1 Å². The minimum atomic E-state index is 0.244. The molecule has 0 amide bonds. The minimum absolute atomic E-state index is 0.244. The maximum atomic E-state index is 6.14. The molecule has 0 saturated carbocycles.